The van der Waals surface area contributed by atoms with Gasteiger partial charge in [-0.15, -0.1) is 9.60 Å². The Labute approximate surface area is 251 Å². The summed E-state index contributed by atoms with van der Waals surface area (Å²) >= 11 is 0. The first-order valence-electron chi connectivity index (χ1n) is 17.0. The zero-order valence-corrected chi connectivity index (χ0v) is 26.2. The first-order chi connectivity index (χ1) is 20.2. The standard InChI is InChI=1S/C37H57N2O2/c1-3-5-7-8-9-10-11-12-13-14-15-16-17-18-19-26-32-39(34-29-24-21-25-30-34)37(41)35(31-6-4-2)36(40)38(39)33-27-22-20-23-28-33/h20-25,27-30,35H,3-19,26,31-32H2,1-2H3/q+1. The summed E-state index contributed by atoms with van der Waals surface area (Å²) in [5.41, 5.74) is 1.71. The monoisotopic (exact) mass is 561 g/mol. The Morgan fingerprint density at radius 3 is 1.49 bits per heavy atom. The fraction of sp³-hybridized carbons (Fsp3) is 0.622. The molecular weight excluding hydrogens is 504 g/mol. The third kappa shape index (κ3) is 9.53. The molecule has 0 aliphatic carbocycles. The maximum absolute atomic E-state index is 14.2. The number of hydrogen-bond donors (Lipinski definition) is 0. The topological polar surface area (TPSA) is 37.4 Å². The molecule has 1 heterocycles. The number of carbonyl (C=O) groups is 2. The van der Waals surface area contributed by atoms with E-state index < -0.39 is 5.92 Å². The number of hydrogen-bond acceptors (Lipinski definition) is 2. The van der Waals surface area contributed by atoms with E-state index in [1.165, 1.54) is 89.9 Å². The predicted octanol–water partition coefficient (Wildman–Crippen LogP) is 10.6. The third-order valence-electron chi connectivity index (χ3n) is 8.88. The van der Waals surface area contributed by atoms with Crippen molar-refractivity contribution in [2.75, 3.05) is 11.6 Å². The van der Waals surface area contributed by atoms with Crippen molar-refractivity contribution < 1.29 is 9.59 Å². The number of para-hydroxylation sites is 2. The lowest BCUT2D eigenvalue weighted by Gasteiger charge is -2.37. The minimum atomic E-state index is -0.573. The number of amides is 2. The summed E-state index contributed by atoms with van der Waals surface area (Å²) in [6.07, 6.45) is 23.6. The number of carbonyl (C=O) groups excluding carboxylic acids is 2. The number of rotatable bonds is 22. The fourth-order valence-electron chi connectivity index (χ4n) is 6.47. The van der Waals surface area contributed by atoms with Gasteiger partial charge >= 0.3 is 5.91 Å². The van der Waals surface area contributed by atoms with Gasteiger partial charge < -0.3 is 0 Å². The average molecular weight is 562 g/mol. The van der Waals surface area contributed by atoms with Crippen LogP contribution in [0.25, 0.3) is 0 Å². The third-order valence-corrected chi connectivity index (χ3v) is 8.88. The Balaban J connectivity index is 1.50. The lowest BCUT2D eigenvalue weighted by molar-refractivity contribution is -0.132. The Bertz CT molecular complexity index is 993. The maximum atomic E-state index is 14.2. The van der Waals surface area contributed by atoms with Crippen LogP contribution < -0.4 is 9.60 Å². The Hall–Kier alpha value is -2.46. The zero-order valence-electron chi connectivity index (χ0n) is 26.2. The van der Waals surface area contributed by atoms with Crippen LogP contribution in [0, 0.1) is 5.92 Å². The van der Waals surface area contributed by atoms with Crippen LogP contribution in [-0.4, -0.2) is 18.4 Å². The van der Waals surface area contributed by atoms with Crippen molar-refractivity contribution in [2.24, 2.45) is 5.92 Å². The first-order valence-corrected chi connectivity index (χ1v) is 17.0. The van der Waals surface area contributed by atoms with Gasteiger partial charge in [0.25, 0.3) is 5.91 Å². The minimum Gasteiger partial charge on any atom is -0.268 e. The molecule has 1 saturated heterocycles. The predicted molar refractivity (Wildman–Crippen MR) is 175 cm³/mol. The molecule has 2 amide bonds. The highest BCUT2D eigenvalue weighted by molar-refractivity contribution is 6.19. The fourth-order valence-corrected chi connectivity index (χ4v) is 6.47. The largest absolute Gasteiger partial charge is 0.356 e. The van der Waals surface area contributed by atoms with Gasteiger partial charge in [-0.2, -0.15) is 0 Å². The van der Waals surface area contributed by atoms with Crippen LogP contribution in [0.2, 0.25) is 0 Å². The second kappa shape index (κ2) is 18.9. The SMILES string of the molecule is CCCCCCCCCCCCCCCCCC[N+]1(c2ccccc2)C(=O)C(CCCC)C(=O)N1c1ccccc1. The number of unbranched alkanes of at least 4 members (excludes halogenated alkanes) is 16. The van der Waals surface area contributed by atoms with Gasteiger partial charge in [0.2, 0.25) is 0 Å². The molecule has 2 unspecified atom stereocenters. The van der Waals surface area contributed by atoms with Crippen molar-refractivity contribution in [3.05, 3.63) is 60.7 Å². The summed E-state index contributed by atoms with van der Waals surface area (Å²) in [5.74, 6) is -0.578. The minimum absolute atomic E-state index is 0.00330. The van der Waals surface area contributed by atoms with Gasteiger partial charge in [0, 0.05) is 12.1 Å². The number of quaternary nitrogens is 1. The van der Waals surface area contributed by atoms with Gasteiger partial charge in [0.1, 0.15) is 6.54 Å². The molecule has 0 N–H and O–H groups in total. The lowest BCUT2D eigenvalue weighted by Crippen LogP contribution is -2.62. The molecule has 1 aliphatic rings. The van der Waals surface area contributed by atoms with Crippen molar-refractivity contribution in [1.29, 1.82) is 0 Å². The highest BCUT2D eigenvalue weighted by atomic mass is 16.2. The second-order valence-corrected chi connectivity index (χ2v) is 12.2. The van der Waals surface area contributed by atoms with Crippen LogP contribution in [-0.2, 0) is 9.59 Å². The zero-order chi connectivity index (χ0) is 29.2. The molecule has 4 heteroatoms. The molecule has 4 nitrogen and oxygen atoms in total. The lowest BCUT2D eigenvalue weighted by atomic mass is 10.0. The van der Waals surface area contributed by atoms with E-state index in [0.717, 1.165) is 37.1 Å². The van der Waals surface area contributed by atoms with E-state index in [2.05, 4.69) is 13.8 Å². The van der Waals surface area contributed by atoms with Crippen LogP contribution in [0.5, 0.6) is 0 Å². The molecule has 1 aliphatic heterocycles. The van der Waals surface area contributed by atoms with Crippen molar-refractivity contribution in [1.82, 2.24) is 4.59 Å². The molecule has 3 rings (SSSR count). The van der Waals surface area contributed by atoms with Crippen LogP contribution in [0.3, 0.4) is 0 Å². The van der Waals surface area contributed by atoms with Gasteiger partial charge in [-0.25, -0.2) is 4.79 Å². The van der Waals surface area contributed by atoms with E-state index in [1.807, 2.05) is 65.7 Å². The molecule has 0 radical (unpaired) electrons. The van der Waals surface area contributed by atoms with E-state index in [1.54, 1.807) is 0 Å². The van der Waals surface area contributed by atoms with Gasteiger partial charge in [0.15, 0.2) is 11.6 Å². The summed E-state index contributed by atoms with van der Waals surface area (Å²) in [6, 6.07) is 19.8. The second-order valence-electron chi connectivity index (χ2n) is 12.2. The van der Waals surface area contributed by atoms with Crippen molar-refractivity contribution in [2.45, 2.75) is 136 Å². The molecule has 0 aromatic heterocycles. The summed E-state index contributed by atoms with van der Waals surface area (Å²) in [6.45, 7) is 5.03. The van der Waals surface area contributed by atoms with E-state index in [-0.39, 0.29) is 16.4 Å². The van der Waals surface area contributed by atoms with E-state index >= 15 is 0 Å². The number of nitrogens with zero attached hydrogens (tertiary/aromatic N) is 2. The molecule has 0 spiro atoms. The first kappa shape index (κ1) is 33.0. The van der Waals surface area contributed by atoms with Gasteiger partial charge in [0.05, 0.1) is 5.69 Å². The van der Waals surface area contributed by atoms with Crippen LogP contribution >= 0.6 is 0 Å². The van der Waals surface area contributed by atoms with Crippen LogP contribution in [0.1, 0.15) is 136 Å². The summed E-state index contributed by atoms with van der Waals surface area (Å²) in [5, 5.41) is 1.81. The van der Waals surface area contributed by atoms with Crippen LogP contribution in [0.15, 0.2) is 60.7 Å². The molecule has 2 atom stereocenters. The van der Waals surface area contributed by atoms with Crippen molar-refractivity contribution in [3.63, 3.8) is 0 Å². The molecule has 2 aromatic rings. The van der Waals surface area contributed by atoms with Gasteiger partial charge in [-0.1, -0.05) is 153 Å². The maximum Gasteiger partial charge on any atom is 0.356 e. The quantitative estimate of drug-likeness (QED) is 0.0814. The average Bonchev–Trinajstić information content (AvgIpc) is 3.22. The molecule has 226 valence electrons. The number of anilines is 1. The summed E-state index contributed by atoms with van der Waals surface area (Å²) in [4.78, 5) is 28.1. The molecular formula is C37H57N2O2+. The smallest absolute Gasteiger partial charge is 0.268 e. The Morgan fingerprint density at radius 2 is 1.00 bits per heavy atom. The Kier molecular flexibility index (Phi) is 15.2. The van der Waals surface area contributed by atoms with Gasteiger partial charge in [-0.3, -0.25) is 4.79 Å². The normalized spacial score (nSPS) is 18.9. The molecule has 0 saturated carbocycles. The summed E-state index contributed by atoms with van der Waals surface area (Å²) in [7, 11) is 0. The van der Waals surface area contributed by atoms with Crippen molar-refractivity contribution >= 4 is 23.2 Å². The molecule has 2 aromatic carbocycles. The highest BCUT2D eigenvalue weighted by Gasteiger charge is 2.61. The van der Waals surface area contributed by atoms with Crippen LogP contribution in [0.4, 0.5) is 11.4 Å². The number of benzene rings is 2. The Morgan fingerprint density at radius 1 is 0.561 bits per heavy atom. The van der Waals surface area contributed by atoms with Crippen molar-refractivity contribution in [3.8, 4) is 0 Å². The summed E-state index contributed by atoms with van der Waals surface area (Å²) < 4.78 is -0.00330. The van der Waals surface area contributed by atoms with Gasteiger partial charge in [-0.05, 0) is 31.4 Å². The molecule has 0 bridgehead atoms. The van der Waals surface area contributed by atoms with E-state index in [0.29, 0.717) is 13.0 Å². The molecule has 1 fully saturated rings. The van der Waals surface area contributed by atoms with E-state index in [4.69, 9.17) is 0 Å². The molecule has 41 heavy (non-hydrogen) atoms. The highest BCUT2D eigenvalue weighted by Crippen LogP contribution is 2.41. The van der Waals surface area contributed by atoms with E-state index in [9.17, 15) is 9.59 Å².